The van der Waals surface area contributed by atoms with E-state index in [9.17, 15) is 10.1 Å². The van der Waals surface area contributed by atoms with Crippen LogP contribution in [0.2, 0.25) is 0 Å². The summed E-state index contributed by atoms with van der Waals surface area (Å²) in [5.41, 5.74) is 3.13. The fourth-order valence-electron chi connectivity index (χ4n) is 3.77. The van der Waals surface area contributed by atoms with Gasteiger partial charge in [0.2, 0.25) is 5.91 Å². The van der Waals surface area contributed by atoms with E-state index in [1.807, 2.05) is 18.2 Å². The van der Waals surface area contributed by atoms with Crippen LogP contribution in [0.5, 0.6) is 0 Å². The van der Waals surface area contributed by atoms with E-state index in [0.717, 1.165) is 43.5 Å². The molecule has 0 aliphatic carbocycles. The van der Waals surface area contributed by atoms with E-state index < -0.39 is 0 Å². The fraction of sp³-hybridized carbons (Fsp3) is 0.522. The molecule has 3 rings (SSSR count). The first-order valence-electron chi connectivity index (χ1n) is 10.5. The van der Waals surface area contributed by atoms with E-state index in [0.29, 0.717) is 6.54 Å². The Morgan fingerprint density at radius 1 is 1.34 bits per heavy atom. The lowest BCUT2D eigenvalue weighted by Gasteiger charge is -2.28. The lowest BCUT2D eigenvalue weighted by atomic mass is 10.0. The molecule has 1 N–H and O–H groups in total. The number of hydrogen-bond acceptors (Lipinski definition) is 4. The molecule has 1 amide bonds. The van der Waals surface area contributed by atoms with Crippen molar-refractivity contribution < 1.29 is 4.79 Å². The average Bonchev–Trinajstić information content (AvgIpc) is 3.38. The predicted molar refractivity (Wildman–Crippen MR) is 114 cm³/mol. The van der Waals surface area contributed by atoms with Gasteiger partial charge in [-0.2, -0.15) is 10.4 Å². The SMILES string of the molecule is CCc1cc(-c2ccccc2)nn1CCC(C)(C)NCC(=O)N1CCC[C@H]1C#N. The highest BCUT2D eigenvalue weighted by atomic mass is 16.2. The maximum atomic E-state index is 12.5. The second-order valence-corrected chi connectivity index (χ2v) is 8.33. The summed E-state index contributed by atoms with van der Waals surface area (Å²) >= 11 is 0. The Kier molecular flexibility index (Phi) is 6.71. The molecule has 1 aromatic heterocycles. The minimum atomic E-state index is -0.264. The number of benzene rings is 1. The molecule has 1 saturated heterocycles. The highest BCUT2D eigenvalue weighted by molar-refractivity contribution is 5.79. The van der Waals surface area contributed by atoms with Crippen LogP contribution in [-0.2, 0) is 17.8 Å². The van der Waals surface area contributed by atoms with E-state index in [1.165, 1.54) is 5.69 Å². The van der Waals surface area contributed by atoms with Gasteiger partial charge in [0.25, 0.3) is 0 Å². The van der Waals surface area contributed by atoms with Gasteiger partial charge in [-0.1, -0.05) is 37.3 Å². The Balaban J connectivity index is 1.58. The first-order valence-corrected chi connectivity index (χ1v) is 10.5. The van der Waals surface area contributed by atoms with E-state index in [1.54, 1.807) is 4.90 Å². The standard InChI is InChI=1S/C23H31N5O/c1-4-19-15-21(18-9-6-5-7-10-18)26-28(19)14-12-23(2,3)25-17-22(29)27-13-8-11-20(27)16-24/h5-7,9-10,15,20,25H,4,8,11-14,17H2,1-3H3/t20-/m0/s1. The quantitative estimate of drug-likeness (QED) is 0.746. The molecule has 0 radical (unpaired) electrons. The Morgan fingerprint density at radius 2 is 2.10 bits per heavy atom. The molecule has 1 fully saturated rings. The smallest absolute Gasteiger partial charge is 0.237 e. The number of carbonyl (C=O) groups is 1. The zero-order chi connectivity index (χ0) is 20.9. The topological polar surface area (TPSA) is 74.0 Å². The number of likely N-dealkylation sites (tertiary alicyclic amines) is 1. The second-order valence-electron chi connectivity index (χ2n) is 8.33. The van der Waals surface area contributed by atoms with Crippen molar-refractivity contribution in [2.24, 2.45) is 0 Å². The highest BCUT2D eigenvalue weighted by Gasteiger charge is 2.29. The normalized spacial score (nSPS) is 16.8. The molecule has 6 heteroatoms. The van der Waals surface area contributed by atoms with Crippen LogP contribution in [0.1, 0.15) is 45.7 Å². The lowest BCUT2D eigenvalue weighted by molar-refractivity contribution is -0.130. The lowest BCUT2D eigenvalue weighted by Crippen LogP contribution is -2.48. The van der Waals surface area contributed by atoms with Gasteiger partial charge in [0.05, 0.1) is 18.3 Å². The largest absolute Gasteiger partial charge is 0.326 e. The van der Waals surface area contributed by atoms with Crippen molar-refractivity contribution >= 4 is 5.91 Å². The van der Waals surface area contributed by atoms with Crippen molar-refractivity contribution in [3.8, 4) is 17.3 Å². The third-order valence-electron chi connectivity index (χ3n) is 5.68. The Morgan fingerprint density at radius 3 is 2.79 bits per heavy atom. The number of rotatable bonds is 8. The number of aromatic nitrogens is 2. The number of carbonyl (C=O) groups excluding carboxylic acids is 1. The van der Waals surface area contributed by atoms with Gasteiger partial charge in [-0.05, 0) is 45.6 Å². The summed E-state index contributed by atoms with van der Waals surface area (Å²) < 4.78 is 2.08. The summed E-state index contributed by atoms with van der Waals surface area (Å²) in [7, 11) is 0. The molecule has 6 nitrogen and oxygen atoms in total. The Labute approximate surface area is 173 Å². The molecule has 29 heavy (non-hydrogen) atoms. The molecule has 154 valence electrons. The van der Waals surface area contributed by atoms with Crippen molar-refractivity contribution in [3.63, 3.8) is 0 Å². The van der Waals surface area contributed by atoms with Crippen LogP contribution in [0.3, 0.4) is 0 Å². The van der Waals surface area contributed by atoms with E-state index in [4.69, 9.17) is 5.10 Å². The van der Waals surface area contributed by atoms with Crippen LogP contribution in [-0.4, -0.2) is 45.3 Å². The van der Waals surface area contributed by atoms with Crippen LogP contribution in [0.25, 0.3) is 11.3 Å². The molecule has 1 aliphatic heterocycles. The number of aryl methyl sites for hydroxylation is 2. The van der Waals surface area contributed by atoms with Crippen LogP contribution >= 0.6 is 0 Å². The molecule has 2 heterocycles. The van der Waals surface area contributed by atoms with E-state index in [-0.39, 0.29) is 24.0 Å². The molecular weight excluding hydrogens is 362 g/mol. The third-order valence-corrected chi connectivity index (χ3v) is 5.68. The monoisotopic (exact) mass is 393 g/mol. The Hall–Kier alpha value is -2.65. The third kappa shape index (κ3) is 5.24. The number of nitrogens with zero attached hydrogens (tertiary/aromatic N) is 4. The summed E-state index contributed by atoms with van der Waals surface area (Å²) in [5, 5.41) is 17.4. The predicted octanol–water partition coefficient (Wildman–Crippen LogP) is 3.39. The zero-order valence-electron chi connectivity index (χ0n) is 17.7. The number of nitrogens with one attached hydrogen (secondary N) is 1. The molecule has 1 aliphatic rings. The van der Waals surface area contributed by atoms with Crippen LogP contribution < -0.4 is 5.32 Å². The van der Waals surface area contributed by atoms with Gasteiger partial charge >= 0.3 is 0 Å². The molecule has 0 unspecified atom stereocenters. The maximum Gasteiger partial charge on any atom is 0.237 e. The first-order chi connectivity index (χ1) is 13.9. The van der Waals surface area contributed by atoms with E-state index >= 15 is 0 Å². The van der Waals surface area contributed by atoms with Gasteiger partial charge in [0.15, 0.2) is 0 Å². The van der Waals surface area contributed by atoms with Crippen molar-refractivity contribution in [2.45, 2.75) is 64.6 Å². The maximum absolute atomic E-state index is 12.5. The van der Waals surface area contributed by atoms with Crippen molar-refractivity contribution in [1.82, 2.24) is 20.0 Å². The molecule has 0 spiro atoms. The fourth-order valence-corrected chi connectivity index (χ4v) is 3.77. The minimum Gasteiger partial charge on any atom is -0.326 e. The summed E-state index contributed by atoms with van der Waals surface area (Å²) in [4.78, 5) is 14.2. The van der Waals surface area contributed by atoms with Crippen LogP contribution in [0.15, 0.2) is 36.4 Å². The average molecular weight is 394 g/mol. The first kappa shape index (κ1) is 21.1. The number of amides is 1. The van der Waals surface area contributed by atoms with Crippen LogP contribution in [0, 0.1) is 11.3 Å². The molecule has 1 atom stereocenters. The molecule has 2 aromatic rings. The van der Waals surface area contributed by atoms with Gasteiger partial charge in [-0.25, -0.2) is 0 Å². The summed E-state index contributed by atoms with van der Waals surface area (Å²) in [6, 6.07) is 14.4. The van der Waals surface area contributed by atoms with Crippen LogP contribution in [0.4, 0.5) is 0 Å². The summed E-state index contributed by atoms with van der Waals surface area (Å²) in [6.45, 7) is 8.11. The van der Waals surface area contributed by atoms with Gasteiger partial charge < -0.3 is 10.2 Å². The molecule has 0 saturated carbocycles. The molecular formula is C23H31N5O. The molecule has 0 bridgehead atoms. The van der Waals surface area contributed by atoms with Crippen molar-refractivity contribution in [2.75, 3.05) is 13.1 Å². The Bertz CT molecular complexity index is 865. The van der Waals surface area contributed by atoms with Gasteiger partial charge in [0, 0.05) is 29.9 Å². The molecule has 1 aromatic carbocycles. The second kappa shape index (κ2) is 9.23. The number of nitriles is 1. The van der Waals surface area contributed by atoms with Gasteiger partial charge in [-0.3, -0.25) is 9.48 Å². The van der Waals surface area contributed by atoms with Crippen molar-refractivity contribution in [1.29, 1.82) is 5.26 Å². The summed E-state index contributed by atoms with van der Waals surface area (Å²) in [6.07, 6.45) is 3.48. The zero-order valence-corrected chi connectivity index (χ0v) is 17.7. The van der Waals surface area contributed by atoms with E-state index in [2.05, 4.69) is 55.0 Å². The van der Waals surface area contributed by atoms with Crippen molar-refractivity contribution in [3.05, 3.63) is 42.1 Å². The highest BCUT2D eigenvalue weighted by Crippen LogP contribution is 2.21. The van der Waals surface area contributed by atoms with Gasteiger partial charge in [0.1, 0.15) is 6.04 Å². The summed E-state index contributed by atoms with van der Waals surface area (Å²) in [5.74, 6) is 0.0156. The number of hydrogen-bond donors (Lipinski definition) is 1. The van der Waals surface area contributed by atoms with Gasteiger partial charge in [-0.15, -0.1) is 0 Å². The minimum absolute atomic E-state index is 0.0156.